The Morgan fingerprint density at radius 2 is 2.06 bits per heavy atom. The van der Waals surface area contributed by atoms with E-state index in [1.54, 1.807) is 0 Å². The van der Waals surface area contributed by atoms with E-state index >= 15 is 0 Å². The summed E-state index contributed by atoms with van der Waals surface area (Å²) in [5.74, 6) is -0.264. The summed E-state index contributed by atoms with van der Waals surface area (Å²) in [5, 5.41) is 0. The van der Waals surface area contributed by atoms with Gasteiger partial charge in [-0.2, -0.15) is 0 Å². The van der Waals surface area contributed by atoms with Crippen molar-refractivity contribution in [3.63, 3.8) is 0 Å². The number of nitrogens with one attached hydrogen (secondary N) is 1. The maximum absolute atomic E-state index is 10.7. The summed E-state index contributed by atoms with van der Waals surface area (Å²) < 4.78 is 32.9. The van der Waals surface area contributed by atoms with Crippen LogP contribution in [0.3, 0.4) is 0 Å². The molecule has 1 N–H and O–H groups in total. The number of methoxy groups -OCH3 is 1. The SMILES string of the molecule is C=C(C=CC(=O)OC)OCCNS(C)(=O)=O. The molecule has 0 aliphatic rings. The van der Waals surface area contributed by atoms with E-state index in [4.69, 9.17) is 4.74 Å². The van der Waals surface area contributed by atoms with Crippen LogP contribution in [-0.4, -0.2) is 40.9 Å². The molecular weight excluding hydrogens is 234 g/mol. The van der Waals surface area contributed by atoms with Gasteiger partial charge in [-0.1, -0.05) is 6.58 Å². The highest BCUT2D eigenvalue weighted by Crippen LogP contribution is 1.95. The molecule has 6 nitrogen and oxygen atoms in total. The third-order valence-corrected chi connectivity index (χ3v) is 2.09. The number of sulfonamides is 1. The third-order valence-electron chi connectivity index (χ3n) is 1.36. The zero-order valence-corrected chi connectivity index (χ0v) is 10.0. The van der Waals surface area contributed by atoms with Crippen LogP contribution in [0.2, 0.25) is 0 Å². The first kappa shape index (κ1) is 14.7. The molecule has 0 aromatic heterocycles. The molecule has 0 aromatic carbocycles. The number of ether oxygens (including phenoxy) is 2. The van der Waals surface area contributed by atoms with Gasteiger partial charge in [-0.3, -0.25) is 0 Å². The minimum Gasteiger partial charge on any atom is -0.493 e. The molecule has 0 spiro atoms. The van der Waals surface area contributed by atoms with Crippen LogP contribution >= 0.6 is 0 Å². The Bertz CT molecular complexity index is 371. The molecule has 0 unspecified atom stereocenters. The molecule has 0 heterocycles. The molecule has 0 amide bonds. The maximum Gasteiger partial charge on any atom is 0.330 e. The van der Waals surface area contributed by atoms with E-state index in [9.17, 15) is 13.2 Å². The average molecular weight is 249 g/mol. The van der Waals surface area contributed by atoms with Gasteiger partial charge in [0.1, 0.15) is 12.4 Å². The van der Waals surface area contributed by atoms with E-state index in [1.165, 1.54) is 13.2 Å². The van der Waals surface area contributed by atoms with Gasteiger partial charge >= 0.3 is 5.97 Å². The molecule has 7 heteroatoms. The van der Waals surface area contributed by atoms with Gasteiger partial charge < -0.3 is 9.47 Å². The Balaban J connectivity index is 3.75. The van der Waals surface area contributed by atoms with Crippen LogP contribution in [0.15, 0.2) is 24.5 Å². The number of rotatable bonds is 7. The van der Waals surface area contributed by atoms with Crippen LogP contribution in [0.1, 0.15) is 0 Å². The molecule has 0 atom stereocenters. The lowest BCUT2D eigenvalue weighted by Crippen LogP contribution is -2.25. The summed E-state index contributed by atoms with van der Waals surface area (Å²) in [4.78, 5) is 10.7. The Morgan fingerprint density at radius 1 is 1.44 bits per heavy atom. The van der Waals surface area contributed by atoms with Crippen molar-refractivity contribution in [1.29, 1.82) is 0 Å². The van der Waals surface area contributed by atoms with Crippen LogP contribution in [0, 0.1) is 0 Å². The summed E-state index contributed by atoms with van der Waals surface area (Å²) in [6.07, 6.45) is 3.55. The van der Waals surface area contributed by atoms with Gasteiger partial charge in [-0.25, -0.2) is 17.9 Å². The lowest BCUT2D eigenvalue weighted by atomic mass is 10.4. The van der Waals surface area contributed by atoms with Crippen molar-refractivity contribution in [1.82, 2.24) is 4.72 Å². The topological polar surface area (TPSA) is 81.7 Å². The fourth-order valence-corrected chi connectivity index (χ4v) is 1.14. The Hall–Kier alpha value is -1.34. The molecule has 16 heavy (non-hydrogen) atoms. The predicted molar refractivity (Wildman–Crippen MR) is 59.1 cm³/mol. The Morgan fingerprint density at radius 3 is 2.56 bits per heavy atom. The second-order valence-electron chi connectivity index (χ2n) is 2.84. The lowest BCUT2D eigenvalue weighted by Gasteiger charge is -2.05. The maximum atomic E-state index is 10.7. The van der Waals surface area contributed by atoms with Gasteiger partial charge in [0.05, 0.1) is 13.4 Å². The summed E-state index contributed by atoms with van der Waals surface area (Å²) >= 11 is 0. The zero-order chi connectivity index (χ0) is 12.6. The fraction of sp³-hybridized carbons (Fsp3) is 0.444. The molecular formula is C9H15NO5S. The monoisotopic (exact) mass is 249 g/mol. The standard InChI is InChI=1S/C9H15NO5S/c1-8(4-5-9(11)14-2)15-7-6-10-16(3,12)13/h4-5,10H,1,6-7H2,2-3H3. The lowest BCUT2D eigenvalue weighted by molar-refractivity contribution is -0.134. The first-order chi connectivity index (χ1) is 7.35. The average Bonchev–Trinajstić information content (AvgIpc) is 2.19. The number of hydrogen-bond donors (Lipinski definition) is 1. The first-order valence-corrected chi connectivity index (χ1v) is 6.26. The van der Waals surface area contributed by atoms with Crippen LogP contribution in [0.25, 0.3) is 0 Å². The summed E-state index contributed by atoms with van der Waals surface area (Å²) in [5.41, 5.74) is 0. The Labute approximate surface area is 95.0 Å². The minimum absolute atomic E-state index is 0.136. The largest absolute Gasteiger partial charge is 0.493 e. The first-order valence-electron chi connectivity index (χ1n) is 4.37. The van der Waals surface area contributed by atoms with Crippen molar-refractivity contribution in [3.05, 3.63) is 24.5 Å². The summed E-state index contributed by atoms with van der Waals surface area (Å²) in [6.45, 7) is 3.78. The van der Waals surface area contributed by atoms with Crippen LogP contribution in [0.4, 0.5) is 0 Å². The molecule has 0 aliphatic carbocycles. The van der Waals surface area contributed by atoms with Gasteiger partial charge in [0.15, 0.2) is 0 Å². The normalized spacial score (nSPS) is 11.4. The highest BCUT2D eigenvalue weighted by atomic mass is 32.2. The van der Waals surface area contributed by atoms with Crippen molar-refractivity contribution < 1.29 is 22.7 Å². The molecule has 0 aromatic rings. The Kier molecular flexibility index (Phi) is 6.43. The molecule has 0 radical (unpaired) electrons. The molecule has 0 aliphatic heterocycles. The van der Waals surface area contributed by atoms with Crippen LogP contribution < -0.4 is 4.72 Å². The second kappa shape index (κ2) is 7.02. The molecule has 0 rings (SSSR count). The summed E-state index contributed by atoms with van der Waals surface area (Å²) in [6, 6.07) is 0. The number of carbonyl (C=O) groups excluding carboxylic acids is 1. The number of esters is 1. The molecule has 0 fully saturated rings. The van der Waals surface area contributed by atoms with E-state index in [1.807, 2.05) is 0 Å². The fourth-order valence-electron chi connectivity index (χ4n) is 0.686. The van der Waals surface area contributed by atoms with E-state index in [0.717, 1.165) is 12.3 Å². The smallest absolute Gasteiger partial charge is 0.330 e. The van der Waals surface area contributed by atoms with Gasteiger partial charge in [-0.05, 0) is 6.08 Å². The minimum atomic E-state index is -3.20. The number of hydrogen-bond acceptors (Lipinski definition) is 5. The molecule has 0 bridgehead atoms. The van der Waals surface area contributed by atoms with Gasteiger partial charge in [-0.15, -0.1) is 0 Å². The van der Waals surface area contributed by atoms with Crippen LogP contribution in [0.5, 0.6) is 0 Å². The predicted octanol–water partition coefficient (Wildman–Crippen LogP) is -0.205. The van der Waals surface area contributed by atoms with E-state index in [2.05, 4.69) is 16.0 Å². The number of allylic oxidation sites excluding steroid dienone is 1. The zero-order valence-electron chi connectivity index (χ0n) is 9.23. The van der Waals surface area contributed by atoms with Crippen molar-refractivity contribution in [3.8, 4) is 0 Å². The summed E-state index contributed by atoms with van der Waals surface area (Å²) in [7, 11) is -1.95. The molecule has 0 saturated heterocycles. The second-order valence-corrected chi connectivity index (χ2v) is 4.67. The van der Waals surface area contributed by atoms with Crippen molar-refractivity contribution in [2.75, 3.05) is 26.5 Å². The van der Waals surface area contributed by atoms with E-state index in [-0.39, 0.29) is 18.9 Å². The van der Waals surface area contributed by atoms with E-state index in [0.29, 0.717) is 0 Å². The van der Waals surface area contributed by atoms with Gasteiger partial charge in [0.25, 0.3) is 0 Å². The highest BCUT2D eigenvalue weighted by molar-refractivity contribution is 7.88. The van der Waals surface area contributed by atoms with Crippen LogP contribution in [-0.2, 0) is 24.3 Å². The highest BCUT2D eigenvalue weighted by Gasteiger charge is 1.99. The van der Waals surface area contributed by atoms with Crippen molar-refractivity contribution in [2.45, 2.75) is 0 Å². The quantitative estimate of drug-likeness (QED) is 0.222. The van der Waals surface area contributed by atoms with Crippen molar-refractivity contribution >= 4 is 16.0 Å². The van der Waals surface area contributed by atoms with E-state index < -0.39 is 16.0 Å². The molecule has 0 saturated carbocycles. The van der Waals surface area contributed by atoms with Crippen molar-refractivity contribution in [2.24, 2.45) is 0 Å². The number of carbonyl (C=O) groups is 1. The molecule has 92 valence electrons. The van der Waals surface area contributed by atoms with Gasteiger partial charge in [0.2, 0.25) is 10.0 Å². The van der Waals surface area contributed by atoms with Gasteiger partial charge in [0, 0.05) is 12.6 Å². The third kappa shape index (κ3) is 9.22.